The Balaban J connectivity index is 1.88. The molecule has 4 nitrogen and oxygen atoms in total. The van der Waals surface area contributed by atoms with E-state index in [1.165, 1.54) is 19.3 Å². The van der Waals surface area contributed by atoms with Crippen LogP contribution < -0.4 is 4.74 Å². The zero-order valence-corrected chi connectivity index (χ0v) is 11.7. The van der Waals surface area contributed by atoms with E-state index in [9.17, 15) is 0 Å². The van der Waals surface area contributed by atoms with Crippen molar-refractivity contribution in [2.75, 3.05) is 6.61 Å². The van der Waals surface area contributed by atoms with E-state index in [1.54, 1.807) is 6.33 Å². The van der Waals surface area contributed by atoms with Crippen molar-refractivity contribution < 1.29 is 4.74 Å². The number of pyridine rings is 1. The van der Waals surface area contributed by atoms with Crippen molar-refractivity contribution in [2.45, 2.75) is 32.6 Å². The smallest absolute Gasteiger partial charge is 0.164 e. The summed E-state index contributed by atoms with van der Waals surface area (Å²) >= 11 is 0. The third-order valence-electron chi connectivity index (χ3n) is 3.52. The molecule has 0 bridgehead atoms. The molecule has 0 aliphatic rings. The van der Waals surface area contributed by atoms with Crippen molar-refractivity contribution in [3.63, 3.8) is 0 Å². The van der Waals surface area contributed by atoms with Gasteiger partial charge in [-0.05, 0) is 18.6 Å². The van der Waals surface area contributed by atoms with Gasteiger partial charge in [-0.3, -0.25) is 4.40 Å². The van der Waals surface area contributed by atoms with Gasteiger partial charge in [-0.2, -0.15) is 0 Å². The maximum atomic E-state index is 5.96. The second kappa shape index (κ2) is 5.90. The molecule has 0 atom stereocenters. The van der Waals surface area contributed by atoms with Crippen LogP contribution in [0.15, 0.2) is 36.7 Å². The molecule has 2 heterocycles. The molecule has 1 aromatic carbocycles. The number of aromatic nitrogens is 3. The fourth-order valence-corrected chi connectivity index (χ4v) is 2.45. The number of fused-ring (bicyclic) bond motifs is 3. The van der Waals surface area contributed by atoms with Crippen LogP contribution in [0.4, 0.5) is 0 Å². The van der Waals surface area contributed by atoms with Gasteiger partial charge in [0.15, 0.2) is 5.65 Å². The Kier molecular flexibility index (Phi) is 3.81. The summed E-state index contributed by atoms with van der Waals surface area (Å²) in [5, 5.41) is 9.20. The van der Waals surface area contributed by atoms with Crippen molar-refractivity contribution in [1.82, 2.24) is 14.6 Å². The van der Waals surface area contributed by atoms with E-state index in [0.717, 1.165) is 35.3 Å². The summed E-state index contributed by atoms with van der Waals surface area (Å²) in [6.45, 7) is 2.97. The number of unbranched alkanes of at least 4 members (excludes halogenated alkanes) is 3. The Morgan fingerprint density at radius 2 is 2.05 bits per heavy atom. The Labute approximate surface area is 118 Å². The van der Waals surface area contributed by atoms with Gasteiger partial charge < -0.3 is 4.74 Å². The van der Waals surface area contributed by atoms with Gasteiger partial charge in [0, 0.05) is 11.5 Å². The third kappa shape index (κ3) is 2.46. The minimum absolute atomic E-state index is 0.758. The van der Waals surface area contributed by atoms with Crippen LogP contribution in [0.3, 0.4) is 0 Å². The molecule has 0 saturated heterocycles. The minimum atomic E-state index is 0.758. The predicted octanol–water partition coefficient (Wildman–Crippen LogP) is 3.84. The van der Waals surface area contributed by atoms with E-state index in [0.29, 0.717) is 0 Å². The molecule has 3 rings (SSSR count). The molecule has 3 aromatic rings. The molecule has 0 spiro atoms. The molecular weight excluding hydrogens is 250 g/mol. The highest BCUT2D eigenvalue weighted by molar-refractivity contribution is 5.88. The average molecular weight is 269 g/mol. The van der Waals surface area contributed by atoms with Crippen LogP contribution in [-0.4, -0.2) is 21.2 Å². The second-order valence-electron chi connectivity index (χ2n) is 4.99. The Hall–Kier alpha value is -2.10. The predicted molar refractivity (Wildman–Crippen MR) is 80.1 cm³/mol. The summed E-state index contributed by atoms with van der Waals surface area (Å²) in [6, 6.07) is 10.2. The van der Waals surface area contributed by atoms with Gasteiger partial charge in [0.25, 0.3) is 0 Å². The first-order valence-corrected chi connectivity index (χ1v) is 7.24. The van der Waals surface area contributed by atoms with Gasteiger partial charge in [-0.15, -0.1) is 10.2 Å². The molecule has 0 amide bonds. The quantitative estimate of drug-likeness (QED) is 0.638. The highest BCUT2D eigenvalue weighted by Crippen LogP contribution is 2.27. The van der Waals surface area contributed by atoms with E-state index in [1.807, 2.05) is 22.6 Å². The van der Waals surface area contributed by atoms with E-state index in [4.69, 9.17) is 4.74 Å². The zero-order valence-electron chi connectivity index (χ0n) is 11.7. The summed E-state index contributed by atoms with van der Waals surface area (Å²) in [5.41, 5.74) is 1.91. The maximum absolute atomic E-state index is 5.96. The van der Waals surface area contributed by atoms with Crippen LogP contribution in [0.5, 0.6) is 5.75 Å². The highest BCUT2D eigenvalue weighted by Gasteiger charge is 2.08. The number of nitrogens with zero attached hydrogens (tertiary/aromatic N) is 3. The van der Waals surface area contributed by atoms with Crippen LogP contribution in [0, 0.1) is 0 Å². The topological polar surface area (TPSA) is 39.4 Å². The van der Waals surface area contributed by atoms with E-state index in [-0.39, 0.29) is 0 Å². The number of rotatable bonds is 6. The summed E-state index contributed by atoms with van der Waals surface area (Å²) in [5.74, 6) is 0.901. The van der Waals surface area contributed by atoms with E-state index in [2.05, 4.69) is 29.3 Å². The molecule has 0 aliphatic heterocycles. The second-order valence-corrected chi connectivity index (χ2v) is 4.99. The molecule has 20 heavy (non-hydrogen) atoms. The monoisotopic (exact) mass is 269 g/mol. The van der Waals surface area contributed by atoms with Crippen molar-refractivity contribution in [3.05, 3.63) is 36.7 Å². The van der Waals surface area contributed by atoms with Crippen molar-refractivity contribution in [1.29, 1.82) is 0 Å². The lowest BCUT2D eigenvalue weighted by molar-refractivity contribution is 0.308. The number of hydrogen-bond donors (Lipinski definition) is 0. The molecular formula is C16H19N3O. The van der Waals surface area contributed by atoms with Crippen LogP contribution in [0.1, 0.15) is 32.6 Å². The number of ether oxygens (including phenoxy) is 1. The normalized spacial score (nSPS) is 11.2. The number of benzene rings is 1. The maximum Gasteiger partial charge on any atom is 0.164 e. The first-order valence-electron chi connectivity index (χ1n) is 7.24. The van der Waals surface area contributed by atoms with Gasteiger partial charge >= 0.3 is 0 Å². The van der Waals surface area contributed by atoms with Gasteiger partial charge in [-0.25, -0.2) is 0 Å². The van der Waals surface area contributed by atoms with E-state index >= 15 is 0 Å². The minimum Gasteiger partial charge on any atom is -0.493 e. The molecule has 0 radical (unpaired) electrons. The van der Waals surface area contributed by atoms with Gasteiger partial charge in [-0.1, -0.05) is 38.3 Å². The van der Waals surface area contributed by atoms with Gasteiger partial charge in [0.2, 0.25) is 0 Å². The lowest BCUT2D eigenvalue weighted by Gasteiger charge is -2.10. The Morgan fingerprint density at radius 3 is 2.95 bits per heavy atom. The molecule has 4 heteroatoms. The largest absolute Gasteiger partial charge is 0.493 e. The first-order chi connectivity index (χ1) is 9.90. The average Bonchev–Trinajstić information content (AvgIpc) is 2.95. The number of hydrogen-bond acceptors (Lipinski definition) is 3. The standard InChI is InChI=1S/C16H19N3O/c1-2-3-4-7-10-20-15-11-16-18-17-12-19(16)14-9-6-5-8-13(14)15/h5-6,8-9,11-12H,2-4,7,10H2,1H3. The lowest BCUT2D eigenvalue weighted by Crippen LogP contribution is -1.99. The lowest BCUT2D eigenvalue weighted by atomic mass is 10.2. The van der Waals surface area contributed by atoms with Crippen molar-refractivity contribution >= 4 is 16.6 Å². The fraction of sp³-hybridized carbons (Fsp3) is 0.375. The summed E-state index contributed by atoms with van der Waals surface area (Å²) in [4.78, 5) is 0. The summed E-state index contributed by atoms with van der Waals surface area (Å²) < 4.78 is 7.95. The Bertz CT molecular complexity index is 705. The third-order valence-corrected chi connectivity index (χ3v) is 3.52. The highest BCUT2D eigenvalue weighted by atomic mass is 16.5. The molecule has 104 valence electrons. The van der Waals surface area contributed by atoms with Crippen LogP contribution >= 0.6 is 0 Å². The SMILES string of the molecule is CCCCCCOc1cc2nncn2c2ccccc12. The van der Waals surface area contributed by atoms with Crippen molar-refractivity contribution in [2.24, 2.45) is 0 Å². The zero-order chi connectivity index (χ0) is 13.8. The summed E-state index contributed by atoms with van der Waals surface area (Å²) in [7, 11) is 0. The Morgan fingerprint density at radius 1 is 1.15 bits per heavy atom. The molecule has 0 aliphatic carbocycles. The number of para-hydroxylation sites is 1. The van der Waals surface area contributed by atoms with Crippen LogP contribution in [0.25, 0.3) is 16.6 Å². The van der Waals surface area contributed by atoms with Crippen molar-refractivity contribution in [3.8, 4) is 5.75 Å². The van der Waals surface area contributed by atoms with Gasteiger partial charge in [0.05, 0.1) is 12.1 Å². The van der Waals surface area contributed by atoms with Crippen LogP contribution in [0.2, 0.25) is 0 Å². The van der Waals surface area contributed by atoms with Crippen LogP contribution in [-0.2, 0) is 0 Å². The molecule has 0 saturated carbocycles. The molecule has 0 unspecified atom stereocenters. The summed E-state index contributed by atoms with van der Waals surface area (Å²) in [6.07, 6.45) is 6.58. The molecule has 2 aromatic heterocycles. The molecule has 0 fully saturated rings. The first kappa shape index (κ1) is 12.9. The van der Waals surface area contributed by atoms with Gasteiger partial charge in [0.1, 0.15) is 12.1 Å². The molecule has 0 N–H and O–H groups in total. The fourth-order valence-electron chi connectivity index (χ4n) is 2.45. The van der Waals surface area contributed by atoms with E-state index < -0.39 is 0 Å².